The van der Waals surface area contributed by atoms with Gasteiger partial charge in [-0.15, -0.1) is 0 Å². The van der Waals surface area contributed by atoms with Crippen molar-refractivity contribution in [3.63, 3.8) is 0 Å². The highest BCUT2D eigenvalue weighted by molar-refractivity contribution is 5.93. The summed E-state index contributed by atoms with van der Waals surface area (Å²) >= 11 is 0. The summed E-state index contributed by atoms with van der Waals surface area (Å²) in [5, 5.41) is 11.3. The predicted molar refractivity (Wildman–Crippen MR) is 60.9 cm³/mol. The predicted octanol–water partition coefficient (Wildman–Crippen LogP) is 1.00. The maximum Gasteiger partial charge on any atom is 0.335 e. The van der Waals surface area contributed by atoms with E-state index in [2.05, 4.69) is 10.3 Å². The molecule has 1 amide bonds. The fourth-order valence-electron chi connectivity index (χ4n) is 1.21. The van der Waals surface area contributed by atoms with Crippen LogP contribution in [0.5, 0.6) is 0 Å². The van der Waals surface area contributed by atoms with E-state index in [0.29, 0.717) is 6.61 Å². The summed E-state index contributed by atoms with van der Waals surface area (Å²) in [5.41, 5.74) is 0.0784. The number of hydrogen-bond donors (Lipinski definition) is 2. The number of nitrogens with one attached hydrogen (secondary N) is 1. The quantitative estimate of drug-likeness (QED) is 0.798. The molecule has 1 atom stereocenters. The van der Waals surface area contributed by atoms with Gasteiger partial charge >= 0.3 is 5.97 Å². The number of ether oxygens (including phenoxy) is 1. The minimum Gasteiger partial charge on any atom is -0.478 e. The van der Waals surface area contributed by atoms with E-state index in [4.69, 9.17) is 9.84 Å². The van der Waals surface area contributed by atoms with Gasteiger partial charge in [-0.25, -0.2) is 9.78 Å². The molecule has 6 nitrogen and oxygen atoms in total. The molecule has 2 N–H and O–H groups in total. The molecule has 1 rings (SSSR count). The van der Waals surface area contributed by atoms with Gasteiger partial charge in [-0.1, -0.05) is 6.92 Å². The van der Waals surface area contributed by atoms with Crippen LogP contribution in [0, 0.1) is 5.92 Å². The van der Waals surface area contributed by atoms with Gasteiger partial charge in [0.2, 0.25) is 5.91 Å². The van der Waals surface area contributed by atoms with Crippen molar-refractivity contribution in [2.75, 3.05) is 19.0 Å². The highest BCUT2D eigenvalue weighted by atomic mass is 16.5. The number of methoxy groups -OCH3 is 1. The van der Waals surface area contributed by atoms with Crippen LogP contribution in [0.3, 0.4) is 0 Å². The molecule has 92 valence electrons. The van der Waals surface area contributed by atoms with Gasteiger partial charge in [0.05, 0.1) is 18.1 Å². The number of hydrogen-bond acceptors (Lipinski definition) is 4. The summed E-state index contributed by atoms with van der Waals surface area (Å²) < 4.78 is 4.85. The molecule has 6 heteroatoms. The Hall–Kier alpha value is -1.95. The number of carbonyl (C=O) groups excluding carboxylic acids is 1. The molecule has 0 saturated heterocycles. The van der Waals surface area contributed by atoms with Gasteiger partial charge in [0.1, 0.15) is 5.82 Å². The van der Waals surface area contributed by atoms with E-state index < -0.39 is 5.97 Å². The minimum atomic E-state index is -1.06. The molecule has 1 aromatic rings. The molecule has 0 aromatic carbocycles. The Morgan fingerprint density at radius 2 is 2.29 bits per heavy atom. The van der Waals surface area contributed by atoms with Gasteiger partial charge < -0.3 is 15.2 Å². The molecule has 0 aliphatic heterocycles. The Morgan fingerprint density at radius 3 is 2.88 bits per heavy atom. The lowest BCUT2D eigenvalue weighted by Crippen LogP contribution is -2.24. The highest BCUT2D eigenvalue weighted by Gasteiger charge is 2.13. The number of nitrogens with zero attached hydrogens (tertiary/aromatic N) is 1. The number of carboxylic acids is 1. The van der Waals surface area contributed by atoms with Crippen molar-refractivity contribution in [2.24, 2.45) is 5.92 Å². The van der Waals surface area contributed by atoms with E-state index in [-0.39, 0.29) is 23.2 Å². The Balaban J connectivity index is 2.71. The Bertz CT molecular complexity index is 420. The lowest BCUT2D eigenvalue weighted by Gasteiger charge is -2.10. The molecule has 0 radical (unpaired) electrons. The maximum atomic E-state index is 11.6. The summed E-state index contributed by atoms with van der Waals surface area (Å²) in [6.07, 6.45) is 1.33. The highest BCUT2D eigenvalue weighted by Crippen LogP contribution is 2.08. The summed E-state index contributed by atoms with van der Waals surface area (Å²) in [7, 11) is 1.51. The van der Waals surface area contributed by atoms with Crippen molar-refractivity contribution in [3.05, 3.63) is 23.9 Å². The average Bonchev–Trinajstić information content (AvgIpc) is 2.29. The molecule has 0 aliphatic rings. The number of carbonyl (C=O) groups is 2. The normalized spacial score (nSPS) is 11.9. The molecule has 1 unspecified atom stereocenters. The van der Waals surface area contributed by atoms with Crippen molar-refractivity contribution < 1.29 is 19.4 Å². The zero-order chi connectivity index (χ0) is 12.8. The Kier molecular flexibility index (Phi) is 4.59. The van der Waals surface area contributed by atoms with Gasteiger partial charge in [0.25, 0.3) is 0 Å². The number of amides is 1. The van der Waals surface area contributed by atoms with Crippen molar-refractivity contribution >= 4 is 17.7 Å². The summed E-state index contributed by atoms with van der Waals surface area (Å²) in [6, 6.07) is 2.66. The van der Waals surface area contributed by atoms with Gasteiger partial charge in [0, 0.05) is 13.3 Å². The molecule has 0 saturated carbocycles. The molecule has 0 aliphatic carbocycles. The molecule has 0 spiro atoms. The fraction of sp³-hybridized carbons (Fsp3) is 0.364. The number of rotatable bonds is 5. The van der Waals surface area contributed by atoms with Crippen LogP contribution in [0.1, 0.15) is 17.3 Å². The van der Waals surface area contributed by atoms with Crippen LogP contribution >= 0.6 is 0 Å². The van der Waals surface area contributed by atoms with Gasteiger partial charge in [-0.3, -0.25) is 4.79 Å². The zero-order valence-corrected chi connectivity index (χ0v) is 9.64. The molecule has 1 heterocycles. The Labute approximate surface area is 98.6 Å². The topological polar surface area (TPSA) is 88.5 Å². The molecular formula is C11H14N2O4. The third kappa shape index (κ3) is 3.84. The van der Waals surface area contributed by atoms with Crippen LogP contribution in [0.4, 0.5) is 5.82 Å². The third-order valence-corrected chi connectivity index (χ3v) is 2.12. The summed E-state index contributed by atoms with van der Waals surface area (Å²) in [5.74, 6) is -1.43. The standard InChI is InChI=1S/C11H14N2O4/c1-7(6-17-2)10(14)13-9-5-8(11(15)16)3-4-12-9/h3-5,7H,6H2,1-2H3,(H,15,16)(H,12,13,14). The second-order valence-electron chi connectivity index (χ2n) is 3.58. The van der Waals surface area contributed by atoms with Crippen LogP contribution in [-0.4, -0.2) is 35.7 Å². The summed E-state index contributed by atoms with van der Waals surface area (Å²) in [6.45, 7) is 2.00. The monoisotopic (exact) mass is 238 g/mol. The molecule has 0 fully saturated rings. The lowest BCUT2D eigenvalue weighted by atomic mass is 10.2. The first-order valence-electron chi connectivity index (χ1n) is 5.03. The van der Waals surface area contributed by atoms with E-state index in [1.165, 1.54) is 25.4 Å². The molecule has 17 heavy (non-hydrogen) atoms. The van der Waals surface area contributed by atoms with E-state index in [1.54, 1.807) is 6.92 Å². The number of pyridine rings is 1. The number of aromatic nitrogens is 1. The zero-order valence-electron chi connectivity index (χ0n) is 9.64. The van der Waals surface area contributed by atoms with E-state index in [9.17, 15) is 9.59 Å². The average molecular weight is 238 g/mol. The van der Waals surface area contributed by atoms with Crippen LogP contribution in [0.25, 0.3) is 0 Å². The lowest BCUT2D eigenvalue weighted by molar-refractivity contribution is -0.120. The van der Waals surface area contributed by atoms with Gasteiger partial charge in [0.15, 0.2) is 0 Å². The van der Waals surface area contributed by atoms with Gasteiger partial charge in [-0.05, 0) is 12.1 Å². The third-order valence-electron chi connectivity index (χ3n) is 2.12. The van der Waals surface area contributed by atoms with Gasteiger partial charge in [-0.2, -0.15) is 0 Å². The second kappa shape index (κ2) is 5.95. The fourth-order valence-corrected chi connectivity index (χ4v) is 1.21. The number of aromatic carboxylic acids is 1. The largest absolute Gasteiger partial charge is 0.478 e. The van der Waals surface area contributed by atoms with E-state index in [0.717, 1.165) is 0 Å². The first kappa shape index (κ1) is 13.1. The smallest absolute Gasteiger partial charge is 0.335 e. The van der Waals surface area contributed by atoms with Crippen LogP contribution in [0.15, 0.2) is 18.3 Å². The maximum absolute atomic E-state index is 11.6. The second-order valence-corrected chi connectivity index (χ2v) is 3.58. The van der Waals surface area contributed by atoms with Crippen LogP contribution in [0.2, 0.25) is 0 Å². The van der Waals surface area contributed by atoms with Crippen molar-refractivity contribution in [2.45, 2.75) is 6.92 Å². The first-order valence-corrected chi connectivity index (χ1v) is 5.03. The number of carboxylic acid groups (broad SMARTS) is 1. The van der Waals surface area contributed by atoms with Crippen molar-refractivity contribution in [3.8, 4) is 0 Å². The molecule has 0 bridgehead atoms. The van der Waals surface area contributed by atoms with Crippen LogP contribution < -0.4 is 5.32 Å². The number of anilines is 1. The first-order chi connectivity index (χ1) is 8.04. The summed E-state index contributed by atoms with van der Waals surface area (Å²) in [4.78, 5) is 26.2. The van der Waals surface area contributed by atoms with E-state index >= 15 is 0 Å². The minimum absolute atomic E-state index is 0.0784. The SMILES string of the molecule is COCC(C)C(=O)Nc1cc(C(=O)O)ccn1. The molecule has 1 aromatic heterocycles. The van der Waals surface area contributed by atoms with Crippen LogP contribution in [-0.2, 0) is 9.53 Å². The van der Waals surface area contributed by atoms with Crippen molar-refractivity contribution in [1.29, 1.82) is 0 Å². The van der Waals surface area contributed by atoms with E-state index in [1.807, 2.05) is 0 Å². The Morgan fingerprint density at radius 1 is 1.59 bits per heavy atom. The van der Waals surface area contributed by atoms with Crippen molar-refractivity contribution in [1.82, 2.24) is 4.98 Å². The molecular weight excluding hydrogens is 224 g/mol.